The van der Waals surface area contributed by atoms with Gasteiger partial charge in [-0.05, 0) is 30.3 Å². The summed E-state index contributed by atoms with van der Waals surface area (Å²) in [6, 6.07) is 22.6. The highest BCUT2D eigenvalue weighted by Gasteiger charge is 2.21. The molecule has 3 rings (SSSR count). The van der Waals surface area contributed by atoms with Crippen LogP contribution in [0.25, 0.3) is 0 Å². The summed E-state index contributed by atoms with van der Waals surface area (Å²) in [7, 11) is -3.84. The summed E-state index contributed by atoms with van der Waals surface area (Å²) in [5, 5.41) is 13.9. The molecule has 136 valence electrons. The van der Waals surface area contributed by atoms with Crippen molar-refractivity contribution in [3.63, 3.8) is 0 Å². The largest absolute Gasteiger partial charge is 0.328 e. The first-order valence-electron chi connectivity index (χ1n) is 7.97. The van der Waals surface area contributed by atoms with E-state index in [4.69, 9.17) is 0 Å². The Kier molecular flexibility index (Phi) is 5.28. The molecular formula is C19H16N3O4S+. The number of benzene rings is 3. The van der Waals surface area contributed by atoms with E-state index in [1.807, 2.05) is 0 Å². The molecule has 3 aromatic carbocycles. The number of hydrogen-bond acceptors (Lipinski definition) is 4. The molecular weight excluding hydrogens is 366 g/mol. The van der Waals surface area contributed by atoms with E-state index >= 15 is 0 Å². The molecule has 0 fully saturated rings. The van der Waals surface area contributed by atoms with E-state index < -0.39 is 14.9 Å². The van der Waals surface area contributed by atoms with Crippen molar-refractivity contribution in [2.24, 2.45) is 0 Å². The second-order valence-electron chi connectivity index (χ2n) is 5.59. The summed E-state index contributed by atoms with van der Waals surface area (Å²) in [5.41, 5.74) is 0.876. The Labute approximate surface area is 156 Å². The van der Waals surface area contributed by atoms with Gasteiger partial charge in [-0.1, -0.05) is 42.5 Å². The number of anilines is 1. The predicted molar refractivity (Wildman–Crippen MR) is 102 cm³/mol. The van der Waals surface area contributed by atoms with Crippen LogP contribution in [0.1, 0.15) is 5.56 Å². The number of nitro groups is 1. The number of hydrogen-bond donors (Lipinski definition) is 2. The fourth-order valence-corrected chi connectivity index (χ4v) is 3.47. The van der Waals surface area contributed by atoms with Gasteiger partial charge in [-0.25, -0.2) is 5.32 Å². The lowest BCUT2D eigenvalue weighted by atomic mass is 10.2. The number of nitro benzene ring substituents is 1. The second kappa shape index (κ2) is 7.79. The van der Waals surface area contributed by atoms with Crippen molar-refractivity contribution in [2.75, 3.05) is 5.32 Å². The number of non-ortho nitro benzene ring substituents is 1. The van der Waals surface area contributed by atoms with Crippen molar-refractivity contribution in [1.82, 2.24) is 0 Å². The van der Waals surface area contributed by atoms with Crippen LogP contribution < -0.4 is 9.71 Å². The van der Waals surface area contributed by atoms with Gasteiger partial charge in [0, 0.05) is 6.07 Å². The smallest absolute Gasteiger partial charge is 0.258 e. The first-order valence-corrected chi connectivity index (χ1v) is 9.46. The average molecular weight is 382 g/mol. The van der Waals surface area contributed by atoms with E-state index in [1.54, 1.807) is 54.6 Å². The molecule has 8 heteroatoms. The molecule has 0 radical (unpaired) electrons. The standard InChI is InChI=1S/C19H15N3O4S/c23-22(24)17-11-7-10-16(14-17)20-19(15-8-3-1-4-9-15)21-27(25,26)18-12-5-2-6-13-18/h1-14H,(H,20,21)/p+1. The van der Waals surface area contributed by atoms with Gasteiger partial charge in [0.05, 0.1) is 16.6 Å². The van der Waals surface area contributed by atoms with Crippen molar-refractivity contribution in [3.05, 3.63) is 101 Å². The van der Waals surface area contributed by atoms with Crippen molar-refractivity contribution in [1.29, 1.82) is 0 Å². The zero-order chi connectivity index (χ0) is 19.3. The molecule has 0 amide bonds. The predicted octanol–water partition coefficient (Wildman–Crippen LogP) is 1.92. The van der Waals surface area contributed by atoms with E-state index in [0.717, 1.165) is 0 Å². The summed E-state index contributed by atoms with van der Waals surface area (Å²) in [4.78, 5) is 10.6. The van der Waals surface area contributed by atoms with Gasteiger partial charge in [0.2, 0.25) is 0 Å². The van der Waals surface area contributed by atoms with Gasteiger partial charge < -0.3 is 0 Å². The van der Waals surface area contributed by atoms with Gasteiger partial charge in [-0.15, -0.1) is 0 Å². The number of nitrogens with one attached hydrogen (secondary N) is 2. The van der Waals surface area contributed by atoms with Crippen LogP contribution in [0, 0.1) is 10.1 Å². The Bertz CT molecular complexity index is 1080. The van der Waals surface area contributed by atoms with Crippen LogP contribution in [-0.2, 0) is 10.0 Å². The summed E-state index contributed by atoms with van der Waals surface area (Å²) < 4.78 is 27.9. The molecule has 0 saturated heterocycles. The highest BCUT2D eigenvalue weighted by Crippen LogP contribution is 2.17. The number of nitrogens with zero attached hydrogens (tertiary/aromatic N) is 1. The Morgan fingerprint density at radius 2 is 1.52 bits per heavy atom. The second-order valence-corrected chi connectivity index (χ2v) is 7.27. The molecule has 0 heterocycles. The first-order chi connectivity index (χ1) is 13.0. The van der Waals surface area contributed by atoms with Gasteiger partial charge in [0.15, 0.2) is 0 Å². The van der Waals surface area contributed by atoms with Crippen molar-refractivity contribution in [2.45, 2.75) is 4.90 Å². The molecule has 3 aromatic rings. The monoisotopic (exact) mass is 382 g/mol. The third kappa shape index (κ3) is 4.56. The quantitative estimate of drug-likeness (QED) is 0.304. The van der Waals surface area contributed by atoms with E-state index in [-0.39, 0.29) is 16.4 Å². The molecule has 0 aromatic heterocycles. The Hall–Kier alpha value is -3.52. The summed E-state index contributed by atoms with van der Waals surface area (Å²) >= 11 is 0. The van der Waals surface area contributed by atoms with E-state index in [2.05, 4.69) is 9.71 Å². The van der Waals surface area contributed by atoms with Crippen LogP contribution in [0.2, 0.25) is 0 Å². The van der Waals surface area contributed by atoms with E-state index in [0.29, 0.717) is 11.3 Å². The van der Waals surface area contributed by atoms with Crippen molar-refractivity contribution >= 4 is 27.2 Å². The lowest BCUT2D eigenvalue weighted by Gasteiger charge is -2.05. The zero-order valence-corrected chi connectivity index (χ0v) is 14.9. The molecule has 0 bridgehead atoms. The summed E-state index contributed by atoms with van der Waals surface area (Å²) in [6.45, 7) is 0. The van der Waals surface area contributed by atoms with Gasteiger partial charge in [-0.2, -0.15) is 12.8 Å². The molecule has 0 saturated carbocycles. The molecule has 0 spiro atoms. The summed E-state index contributed by atoms with van der Waals surface area (Å²) in [5.74, 6) is 0.194. The Balaban J connectivity index is 2.05. The molecule has 27 heavy (non-hydrogen) atoms. The normalized spacial score (nSPS) is 11.8. The summed E-state index contributed by atoms with van der Waals surface area (Å²) in [6.07, 6.45) is 0. The first kappa shape index (κ1) is 18.3. The number of sulfonamides is 1. The average Bonchev–Trinajstić information content (AvgIpc) is 2.69. The van der Waals surface area contributed by atoms with E-state index in [1.165, 1.54) is 30.3 Å². The lowest BCUT2D eigenvalue weighted by molar-refractivity contribution is -0.384. The Morgan fingerprint density at radius 1 is 0.889 bits per heavy atom. The van der Waals surface area contributed by atoms with Gasteiger partial charge in [0.1, 0.15) is 10.6 Å². The van der Waals surface area contributed by atoms with Crippen LogP contribution in [0.3, 0.4) is 0 Å². The van der Waals surface area contributed by atoms with Crippen LogP contribution >= 0.6 is 0 Å². The van der Waals surface area contributed by atoms with Crippen molar-refractivity contribution < 1.29 is 17.7 Å². The zero-order valence-electron chi connectivity index (χ0n) is 14.1. The fraction of sp³-hybridized carbons (Fsp3) is 0. The maximum Gasteiger partial charge on any atom is 0.328 e. The minimum atomic E-state index is -3.84. The SMILES string of the molecule is O=[N+]([O-])c1cccc(NC(=[NH+]S(=O)(=O)c2ccccc2)c2ccccc2)c1. The van der Waals surface area contributed by atoms with Gasteiger partial charge >= 0.3 is 10.0 Å². The molecule has 0 unspecified atom stereocenters. The molecule has 0 aliphatic rings. The van der Waals surface area contributed by atoms with Crippen LogP contribution in [0.5, 0.6) is 0 Å². The van der Waals surface area contributed by atoms with Gasteiger partial charge in [-0.3, -0.25) is 10.1 Å². The number of amidine groups is 1. The van der Waals surface area contributed by atoms with Crippen LogP contribution in [0.15, 0.2) is 89.8 Å². The molecule has 7 nitrogen and oxygen atoms in total. The lowest BCUT2D eigenvalue weighted by Crippen LogP contribution is -2.78. The third-order valence-corrected chi connectivity index (χ3v) is 5.04. The molecule has 0 aliphatic carbocycles. The maximum atomic E-state index is 12.7. The number of rotatable bonds is 5. The molecule has 0 atom stereocenters. The third-order valence-electron chi connectivity index (χ3n) is 3.68. The molecule has 2 N–H and O–H groups in total. The van der Waals surface area contributed by atoms with Crippen molar-refractivity contribution in [3.8, 4) is 0 Å². The van der Waals surface area contributed by atoms with Gasteiger partial charge in [0.25, 0.3) is 11.5 Å². The van der Waals surface area contributed by atoms with E-state index in [9.17, 15) is 18.5 Å². The highest BCUT2D eigenvalue weighted by molar-refractivity contribution is 7.84. The topological polar surface area (TPSA) is 103 Å². The Morgan fingerprint density at radius 3 is 2.15 bits per heavy atom. The van der Waals surface area contributed by atoms with Crippen LogP contribution in [-0.4, -0.2) is 19.2 Å². The fourth-order valence-electron chi connectivity index (χ4n) is 2.40. The maximum absolute atomic E-state index is 12.7. The molecule has 0 aliphatic heterocycles. The highest BCUT2D eigenvalue weighted by atomic mass is 32.2. The minimum absolute atomic E-state index is 0.0988. The minimum Gasteiger partial charge on any atom is -0.258 e. The van der Waals surface area contributed by atoms with Crippen LogP contribution in [0.4, 0.5) is 11.4 Å².